The van der Waals surface area contributed by atoms with Gasteiger partial charge in [-0.05, 0) is 24.6 Å². The summed E-state index contributed by atoms with van der Waals surface area (Å²) in [5, 5.41) is 18.7. The molecule has 0 saturated heterocycles. The molecule has 7 nitrogen and oxygen atoms in total. The van der Waals surface area contributed by atoms with Crippen LogP contribution in [-0.2, 0) is 0 Å². The van der Waals surface area contributed by atoms with Gasteiger partial charge >= 0.3 is 12.2 Å². The van der Waals surface area contributed by atoms with Crippen molar-refractivity contribution in [2.45, 2.75) is 6.92 Å². The van der Waals surface area contributed by atoms with Crippen molar-refractivity contribution >= 4 is 46.8 Å². The number of alkyl halides is 2. The third-order valence-corrected chi connectivity index (χ3v) is 3.40. The Morgan fingerprint density at radius 1 is 1.04 bits per heavy atom. The molecule has 0 saturated carbocycles. The number of benzene rings is 1. The largest absolute Gasteiger partial charge is 0.492 e. The summed E-state index contributed by atoms with van der Waals surface area (Å²) in [6.45, 7) is 1.81. The maximum Gasteiger partial charge on any atom is 0.411 e. The number of halogens is 2. The third kappa shape index (κ3) is 4.56. The third-order valence-electron chi connectivity index (χ3n) is 3.06. The number of hydrogen-bond donors (Lipinski definition) is 2. The Morgan fingerprint density at radius 2 is 1.43 bits per heavy atom. The van der Waals surface area contributed by atoms with Crippen LogP contribution in [-0.4, -0.2) is 54.4 Å². The first kappa shape index (κ1) is 19.2. The smallest absolute Gasteiger partial charge is 0.411 e. The molecule has 0 radical (unpaired) electrons. The van der Waals surface area contributed by atoms with Crippen LogP contribution in [0.25, 0.3) is 0 Å². The predicted molar refractivity (Wildman–Crippen MR) is 89.9 cm³/mol. The molecule has 0 aliphatic heterocycles. The highest BCUT2D eigenvalue weighted by atomic mass is 35.5. The summed E-state index contributed by atoms with van der Waals surface area (Å²) < 4.78 is 5.29. The van der Waals surface area contributed by atoms with E-state index in [-0.39, 0.29) is 42.0 Å². The predicted octanol–water partition coefficient (Wildman–Crippen LogP) is 3.45. The number of methoxy groups -OCH3 is 1. The molecule has 2 N–H and O–H groups in total. The fraction of sp³-hybridized carbons (Fsp3) is 0.429. The minimum absolute atomic E-state index is 0.0404. The molecule has 0 heterocycles. The van der Waals surface area contributed by atoms with E-state index in [1.807, 2.05) is 0 Å². The van der Waals surface area contributed by atoms with Crippen molar-refractivity contribution in [3.63, 3.8) is 0 Å². The van der Waals surface area contributed by atoms with Crippen LogP contribution >= 0.6 is 23.2 Å². The molecule has 23 heavy (non-hydrogen) atoms. The van der Waals surface area contributed by atoms with Gasteiger partial charge in [0.15, 0.2) is 5.75 Å². The second-order valence-corrected chi connectivity index (χ2v) is 5.34. The Hall–Kier alpha value is -1.86. The monoisotopic (exact) mass is 364 g/mol. The Kier molecular flexibility index (Phi) is 7.25. The van der Waals surface area contributed by atoms with E-state index in [4.69, 9.17) is 27.9 Å². The van der Waals surface area contributed by atoms with Crippen LogP contribution in [0.1, 0.15) is 5.56 Å². The number of aryl methyl sites for hydroxylation is 1. The Morgan fingerprint density at radius 3 is 1.70 bits per heavy atom. The van der Waals surface area contributed by atoms with Crippen LogP contribution in [0, 0.1) is 6.92 Å². The summed E-state index contributed by atoms with van der Waals surface area (Å²) >= 11 is 11.3. The average molecular weight is 365 g/mol. The van der Waals surface area contributed by atoms with Gasteiger partial charge in [-0.1, -0.05) is 0 Å². The number of carboxylic acid groups (broad SMARTS) is 2. The lowest BCUT2D eigenvalue weighted by molar-refractivity contribution is 0.201. The number of nitrogens with zero attached hydrogens (tertiary/aromatic N) is 2. The molecule has 0 aromatic heterocycles. The molecular weight excluding hydrogens is 347 g/mol. The lowest BCUT2D eigenvalue weighted by Gasteiger charge is -2.26. The number of anilines is 2. The molecule has 1 rings (SSSR count). The zero-order valence-corrected chi connectivity index (χ0v) is 14.3. The van der Waals surface area contributed by atoms with Gasteiger partial charge in [-0.15, -0.1) is 23.2 Å². The maximum atomic E-state index is 11.5. The fourth-order valence-corrected chi connectivity index (χ4v) is 2.49. The SMILES string of the molecule is COc1c(N(CCCl)C(=O)O)cc(C)cc1N(CCCl)C(=O)O. The normalized spacial score (nSPS) is 10.3. The van der Waals surface area contributed by atoms with E-state index in [1.54, 1.807) is 19.1 Å². The van der Waals surface area contributed by atoms with Crippen molar-refractivity contribution in [3.8, 4) is 5.75 Å². The minimum atomic E-state index is -1.21. The van der Waals surface area contributed by atoms with Crippen LogP contribution in [0.2, 0.25) is 0 Å². The number of ether oxygens (including phenoxy) is 1. The van der Waals surface area contributed by atoms with Crippen molar-refractivity contribution < 1.29 is 24.5 Å². The van der Waals surface area contributed by atoms with Crippen LogP contribution in [0.15, 0.2) is 12.1 Å². The molecule has 9 heteroatoms. The quantitative estimate of drug-likeness (QED) is 0.723. The molecular formula is C14H18Cl2N2O5. The minimum Gasteiger partial charge on any atom is -0.492 e. The van der Waals surface area contributed by atoms with E-state index in [1.165, 1.54) is 7.11 Å². The zero-order valence-electron chi connectivity index (χ0n) is 12.8. The van der Waals surface area contributed by atoms with Gasteiger partial charge in [-0.2, -0.15) is 0 Å². The number of carbonyl (C=O) groups is 2. The molecule has 0 spiro atoms. The van der Waals surface area contributed by atoms with Gasteiger partial charge in [0.25, 0.3) is 0 Å². The lowest BCUT2D eigenvalue weighted by Crippen LogP contribution is -2.34. The molecule has 0 fully saturated rings. The first-order valence-electron chi connectivity index (χ1n) is 6.68. The summed E-state index contributed by atoms with van der Waals surface area (Å²) in [7, 11) is 1.35. The molecule has 1 aromatic carbocycles. The van der Waals surface area contributed by atoms with Crippen molar-refractivity contribution in [1.29, 1.82) is 0 Å². The van der Waals surface area contributed by atoms with Gasteiger partial charge in [0.1, 0.15) is 0 Å². The van der Waals surface area contributed by atoms with Gasteiger partial charge in [-0.25, -0.2) is 9.59 Å². The lowest BCUT2D eigenvalue weighted by atomic mass is 10.1. The van der Waals surface area contributed by atoms with Crippen molar-refractivity contribution in [1.82, 2.24) is 0 Å². The molecule has 128 valence electrons. The van der Waals surface area contributed by atoms with Crippen molar-refractivity contribution in [3.05, 3.63) is 17.7 Å². The average Bonchev–Trinajstić information content (AvgIpc) is 2.48. The highest BCUT2D eigenvalue weighted by Crippen LogP contribution is 2.39. The number of hydrogen-bond acceptors (Lipinski definition) is 3. The summed E-state index contributed by atoms with van der Waals surface area (Å²) in [6.07, 6.45) is -2.42. The van der Waals surface area contributed by atoms with Crippen molar-refractivity contribution in [2.75, 3.05) is 41.8 Å². The van der Waals surface area contributed by atoms with Crippen LogP contribution in [0.4, 0.5) is 21.0 Å². The summed E-state index contributed by atoms with van der Waals surface area (Å²) in [5.41, 5.74) is 1.14. The van der Waals surface area contributed by atoms with E-state index < -0.39 is 12.2 Å². The molecule has 2 amide bonds. The summed E-state index contributed by atoms with van der Waals surface area (Å²) in [6, 6.07) is 3.20. The van der Waals surface area contributed by atoms with Gasteiger partial charge < -0.3 is 14.9 Å². The van der Waals surface area contributed by atoms with Crippen LogP contribution < -0.4 is 14.5 Å². The highest BCUT2D eigenvalue weighted by Gasteiger charge is 2.25. The second-order valence-electron chi connectivity index (χ2n) is 4.58. The van der Waals surface area contributed by atoms with E-state index in [0.717, 1.165) is 9.80 Å². The molecule has 0 aliphatic rings. The van der Waals surface area contributed by atoms with E-state index in [2.05, 4.69) is 0 Å². The Balaban J connectivity index is 3.54. The molecule has 0 unspecified atom stereocenters. The van der Waals surface area contributed by atoms with Gasteiger partial charge in [-0.3, -0.25) is 9.80 Å². The molecule has 1 aromatic rings. The second kappa shape index (κ2) is 8.69. The Bertz CT molecular complexity index is 537. The highest BCUT2D eigenvalue weighted by molar-refractivity contribution is 6.18. The van der Waals surface area contributed by atoms with E-state index in [9.17, 15) is 19.8 Å². The standard InChI is InChI=1S/C14H18Cl2N2O5/c1-9-7-10(17(5-3-15)13(19)20)12(23-2)11(8-9)18(6-4-16)14(21)22/h7-8H,3-6H2,1-2H3,(H,19,20)(H,21,22). The molecule has 0 aliphatic carbocycles. The van der Waals surface area contributed by atoms with E-state index in [0.29, 0.717) is 5.56 Å². The number of rotatable bonds is 7. The van der Waals surface area contributed by atoms with Crippen LogP contribution in [0.5, 0.6) is 5.75 Å². The Labute approximate surface area is 144 Å². The first-order chi connectivity index (χ1) is 10.9. The van der Waals surface area contributed by atoms with Gasteiger partial charge in [0.05, 0.1) is 18.5 Å². The first-order valence-corrected chi connectivity index (χ1v) is 7.75. The van der Waals surface area contributed by atoms with Gasteiger partial charge in [0, 0.05) is 24.8 Å². The summed E-state index contributed by atoms with van der Waals surface area (Å²) in [4.78, 5) is 25.0. The van der Waals surface area contributed by atoms with Crippen molar-refractivity contribution in [2.24, 2.45) is 0 Å². The van der Waals surface area contributed by atoms with E-state index >= 15 is 0 Å². The molecule has 0 atom stereocenters. The topological polar surface area (TPSA) is 90.3 Å². The maximum absolute atomic E-state index is 11.5. The summed E-state index contributed by atoms with van der Waals surface area (Å²) in [5.74, 6) is 0.308. The zero-order chi connectivity index (χ0) is 17.6. The number of amides is 2. The molecule has 0 bridgehead atoms. The van der Waals surface area contributed by atoms with Crippen LogP contribution in [0.3, 0.4) is 0 Å². The van der Waals surface area contributed by atoms with Gasteiger partial charge in [0.2, 0.25) is 0 Å². The fourth-order valence-electron chi connectivity index (χ4n) is 2.15.